The molecule has 4 nitrogen and oxygen atoms in total. The van der Waals surface area contributed by atoms with Gasteiger partial charge in [-0.25, -0.2) is 0 Å². The van der Waals surface area contributed by atoms with Gasteiger partial charge in [-0.15, -0.1) is 0 Å². The van der Waals surface area contributed by atoms with Crippen molar-refractivity contribution in [2.24, 2.45) is 5.41 Å². The topological polar surface area (TPSA) is 52.6 Å². The molecule has 0 saturated heterocycles. The lowest BCUT2D eigenvalue weighted by Gasteiger charge is -2.39. The highest BCUT2D eigenvalue weighted by Crippen LogP contribution is 2.34. The number of allylic oxidation sites excluding steroid dienone is 1. The van der Waals surface area contributed by atoms with Crippen molar-refractivity contribution >= 4 is 19.9 Å². The summed E-state index contributed by atoms with van der Waals surface area (Å²) in [5.74, 6) is -0.849. The van der Waals surface area contributed by atoms with Gasteiger partial charge in [0.25, 0.3) is 0 Å². The zero-order valence-electron chi connectivity index (χ0n) is 17.7. The van der Waals surface area contributed by atoms with Gasteiger partial charge in [0.15, 0.2) is 8.32 Å². The maximum atomic E-state index is 12.9. The average molecular weight is 371 g/mol. The molecule has 0 fully saturated rings. The molecule has 0 N–H and O–H groups in total. The van der Waals surface area contributed by atoms with Gasteiger partial charge in [0.1, 0.15) is 0 Å². The van der Waals surface area contributed by atoms with Crippen LogP contribution in [0.15, 0.2) is 11.6 Å². The van der Waals surface area contributed by atoms with Crippen LogP contribution in [0.25, 0.3) is 0 Å². The maximum absolute atomic E-state index is 12.9. The third-order valence-corrected chi connectivity index (χ3v) is 10.3. The van der Waals surface area contributed by atoms with Crippen LogP contribution in [-0.2, 0) is 18.8 Å². The summed E-state index contributed by atoms with van der Waals surface area (Å²) in [4.78, 5) is 25.4. The Bertz CT molecular complexity index is 470. The van der Waals surface area contributed by atoms with Crippen molar-refractivity contribution in [1.29, 1.82) is 0 Å². The molecule has 25 heavy (non-hydrogen) atoms. The quantitative estimate of drug-likeness (QED) is 0.277. The second kappa shape index (κ2) is 10.4. The van der Waals surface area contributed by atoms with E-state index in [9.17, 15) is 9.59 Å². The second-order valence-electron chi connectivity index (χ2n) is 7.44. The van der Waals surface area contributed by atoms with Crippen LogP contribution in [-0.4, -0.2) is 39.2 Å². The summed E-state index contributed by atoms with van der Waals surface area (Å²) >= 11 is 0. The van der Waals surface area contributed by atoms with Gasteiger partial charge in [-0.3, -0.25) is 9.59 Å². The molecule has 5 heteroatoms. The molecule has 0 bridgehead atoms. The van der Waals surface area contributed by atoms with Crippen molar-refractivity contribution < 1.29 is 18.8 Å². The summed E-state index contributed by atoms with van der Waals surface area (Å²) < 4.78 is 11.8. The van der Waals surface area contributed by atoms with Gasteiger partial charge >= 0.3 is 0 Å². The van der Waals surface area contributed by atoms with Gasteiger partial charge < -0.3 is 9.16 Å². The molecule has 0 aliphatic carbocycles. The number of Topliss-reactive ketones (excluding diaryl/α,β-unsaturated/α-hetero) is 1. The van der Waals surface area contributed by atoms with E-state index in [0.29, 0.717) is 0 Å². The lowest BCUT2D eigenvalue weighted by molar-refractivity contribution is -0.143. The van der Waals surface area contributed by atoms with Crippen LogP contribution in [0.4, 0.5) is 0 Å². The number of methoxy groups -OCH3 is 1. The van der Waals surface area contributed by atoms with E-state index in [1.807, 2.05) is 34.6 Å². The monoisotopic (exact) mass is 370 g/mol. The molecule has 0 aromatic rings. The fourth-order valence-electron chi connectivity index (χ4n) is 3.08. The first-order chi connectivity index (χ1) is 11.5. The molecule has 0 aliphatic rings. The molecule has 0 spiro atoms. The van der Waals surface area contributed by atoms with Crippen LogP contribution in [0, 0.1) is 5.41 Å². The molecular weight excluding hydrogens is 332 g/mol. The van der Waals surface area contributed by atoms with E-state index < -0.39 is 19.5 Å². The Labute approximate surface area is 155 Å². The van der Waals surface area contributed by atoms with Crippen molar-refractivity contribution in [3.05, 3.63) is 11.6 Å². The van der Waals surface area contributed by atoms with E-state index in [4.69, 9.17) is 9.16 Å². The van der Waals surface area contributed by atoms with E-state index >= 15 is 0 Å². The van der Waals surface area contributed by atoms with Crippen LogP contribution < -0.4 is 0 Å². The third-order valence-electron chi connectivity index (χ3n) is 5.66. The largest absolute Gasteiger partial charge is 0.413 e. The van der Waals surface area contributed by atoms with Gasteiger partial charge in [-0.05, 0) is 63.9 Å². The minimum absolute atomic E-state index is 0.182. The summed E-state index contributed by atoms with van der Waals surface area (Å²) in [5, 5.41) is 0. The number of rotatable bonds is 12. The molecule has 0 saturated carbocycles. The smallest absolute Gasteiger partial charge is 0.222 e. The number of hydrogen-bond acceptors (Lipinski definition) is 4. The Morgan fingerprint density at radius 1 is 1.08 bits per heavy atom. The average Bonchev–Trinajstić information content (AvgIpc) is 2.61. The van der Waals surface area contributed by atoms with Gasteiger partial charge in [0, 0.05) is 7.11 Å². The molecule has 146 valence electrons. The first-order valence-corrected chi connectivity index (χ1v) is 12.1. The van der Waals surface area contributed by atoms with E-state index in [0.717, 1.165) is 30.1 Å². The molecule has 2 atom stereocenters. The maximum Gasteiger partial charge on any atom is 0.222 e. The van der Waals surface area contributed by atoms with Gasteiger partial charge in [0.2, 0.25) is 11.6 Å². The first-order valence-electron chi connectivity index (χ1n) is 9.52. The highest BCUT2D eigenvalue weighted by molar-refractivity contribution is 6.73. The number of ether oxygens (including phenoxy) is 1. The summed E-state index contributed by atoms with van der Waals surface area (Å²) in [6, 6.07) is 3.08. The van der Waals surface area contributed by atoms with Crippen molar-refractivity contribution in [2.45, 2.75) is 92.2 Å². The predicted molar refractivity (Wildman–Crippen MR) is 106 cm³/mol. The summed E-state index contributed by atoms with van der Waals surface area (Å²) in [6.07, 6.45) is 1.72. The van der Waals surface area contributed by atoms with Gasteiger partial charge in [-0.2, -0.15) is 0 Å². The third kappa shape index (κ3) is 6.15. The molecule has 0 heterocycles. The van der Waals surface area contributed by atoms with Crippen molar-refractivity contribution in [2.75, 3.05) is 7.11 Å². The highest BCUT2D eigenvalue weighted by Gasteiger charge is 2.43. The number of hydrogen-bond donors (Lipinski definition) is 0. The van der Waals surface area contributed by atoms with Gasteiger partial charge in [0.05, 0.1) is 17.6 Å². The number of carbonyl (C=O) groups excluding carboxylic acids is 2. The predicted octanol–water partition coefficient (Wildman–Crippen LogP) is 4.93. The summed E-state index contributed by atoms with van der Waals surface area (Å²) in [5.41, 5.74) is -0.0820. The SMILES string of the molecule is CCC(O[Si](CC)(CC)CC)C(C)(C)C(=O)C(=O)/C=C(\C)[C@H](C)OC. The molecule has 0 amide bonds. The minimum atomic E-state index is -1.85. The van der Waals surface area contributed by atoms with Crippen LogP contribution >= 0.6 is 0 Å². The molecule has 0 radical (unpaired) electrons. The number of ketones is 2. The molecule has 0 aliphatic heterocycles. The van der Waals surface area contributed by atoms with E-state index in [1.54, 1.807) is 7.11 Å². The molecule has 1 unspecified atom stereocenters. The van der Waals surface area contributed by atoms with Crippen LogP contribution in [0.3, 0.4) is 0 Å². The van der Waals surface area contributed by atoms with Crippen LogP contribution in [0.5, 0.6) is 0 Å². The van der Waals surface area contributed by atoms with Gasteiger partial charge in [-0.1, -0.05) is 27.7 Å². The zero-order valence-corrected chi connectivity index (χ0v) is 18.7. The lowest BCUT2D eigenvalue weighted by Crippen LogP contribution is -2.49. The highest BCUT2D eigenvalue weighted by atomic mass is 28.4. The Balaban J connectivity index is 5.48. The summed E-state index contributed by atoms with van der Waals surface area (Å²) in [6.45, 7) is 15.9. The fourth-order valence-corrected chi connectivity index (χ4v) is 6.15. The fraction of sp³-hybridized carbons (Fsp3) is 0.800. The minimum Gasteiger partial charge on any atom is -0.413 e. The molecule has 0 aromatic carbocycles. The number of carbonyl (C=O) groups is 2. The van der Waals surface area contributed by atoms with Crippen LogP contribution in [0.2, 0.25) is 18.1 Å². The van der Waals surface area contributed by atoms with Crippen molar-refractivity contribution in [3.63, 3.8) is 0 Å². The Morgan fingerprint density at radius 2 is 1.56 bits per heavy atom. The Hall–Kier alpha value is -0.783. The second-order valence-corrected chi connectivity index (χ2v) is 12.2. The standard InChI is InChI=1S/C20H38O4Si/c1-10-18(24-25(11-2,12-3)13-4)20(7,8)19(22)17(21)14-15(5)16(6)23-9/h14,16,18H,10-13H2,1-9H3/b15-14+/t16-,18?/m0/s1. The van der Waals surface area contributed by atoms with E-state index in [2.05, 4.69) is 20.8 Å². The first kappa shape index (κ1) is 24.2. The van der Waals surface area contributed by atoms with Crippen LogP contribution in [0.1, 0.15) is 61.8 Å². The molecule has 0 rings (SSSR count). The Morgan fingerprint density at radius 3 is 1.92 bits per heavy atom. The normalized spacial score (nSPS) is 15.8. The summed E-state index contributed by atoms with van der Waals surface area (Å²) in [7, 11) is -0.260. The Kier molecular flexibility index (Phi) is 10.1. The van der Waals surface area contributed by atoms with Crippen molar-refractivity contribution in [1.82, 2.24) is 0 Å². The van der Waals surface area contributed by atoms with E-state index in [-0.39, 0.29) is 18.0 Å². The van der Waals surface area contributed by atoms with E-state index in [1.165, 1.54) is 6.08 Å². The zero-order chi connectivity index (χ0) is 19.8. The molecular formula is C20H38O4Si. The van der Waals surface area contributed by atoms with Crippen molar-refractivity contribution in [3.8, 4) is 0 Å². The lowest BCUT2D eigenvalue weighted by atomic mass is 9.79. The molecule has 0 aromatic heterocycles.